The Labute approximate surface area is 169 Å². The highest BCUT2D eigenvalue weighted by Gasteiger charge is 2.31. The van der Waals surface area contributed by atoms with Crippen molar-refractivity contribution in [3.63, 3.8) is 0 Å². The standard InChI is InChI=1S/C16H15NO2.C6H6O3S/c18-16(19)17-11-10-12-6-4-5-9-14(12)15(17)13-7-2-1-3-8-13;7-10(8,9)6-4-2-1-3-5-6/h1-9,15H,10-11H2,(H,18,19);1-5H,(H,7,8,9)/t15-;/m1./s1. The maximum Gasteiger partial charge on any atom is 0.408 e. The van der Waals surface area contributed by atoms with Gasteiger partial charge in [-0.1, -0.05) is 72.8 Å². The number of nitrogens with zero attached hydrogens (tertiary/aromatic N) is 1. The molecule has 0 bridgehead atoms. The number of fused-ring (bicyclic) bond motifs is 1. The molecule has 1 atom stereocenters. The first kappa shape index (κ1) is 20.6. The minimum Gasteiger partial charge on any atom is -0.465 e. The van der Waals surface area contributed by atoms with Crippen LogP contribution in [0.3, 0.4) is 0 Å². The lowest BCUT2D eigenvalue weighted by molar-refractivity contribution is 0.129. The van der Waals surface area contributed by atoms with E-state index in [2.05, 4.69) is 6.07 Å². The minimum absolute atomic E-state index is 0.0741. The molecule has 1 aliphatic rings. The van der Waals surface area contributed by atoms with Crippen molar-refractivity contribution in [3.05, 3.63) is 102 Å². The highest BCUT2D eigenvalue weighted by Crippen LogP contribution is 2.34. The van der Waals surface area contributed by atoms with Crippen LogP contribution >= 0.6 is 0 Å². The normalized spacial score (nSPS) is 15.6. The van der Waals surface area contributed by atoms with Gasteiger partial charge in [0.15, 0.2) is 0 Å². The van der Waals surface area contributed by atoms with Gasteiger partial charge in [-0.2, -0.15) is 8.42 Å². The molecule has 0 aliphatic carbocycles. The summed E-state index contributed by atoms with van der Waals surface area (Å²) in [6.45, 7) is 0.548. The van der Waals surface area contributed by atoms with Crippen LogP contribution in [0.2, 0.25) is 0 Å². The van der Waals surface area contributed by atoms with E-state index < -0.39 is 16.2 Å². The lowest BCUT2D eigenvalue weighted by Crippen LogP contribution is -2.39. The molecule has 29 heavy (non-hydrogen) atoms. The summed E-state index contributed by atoms with van der Waals surface area (Å²) in [6.07, 6.45) is -0.0745. The molecule has 4 rings (SSSR count). The lowest BCUT2D eigenvalue weighted by Gasteiger charge is -2.35. The molecule has 0 saturated carbocycles. The molecule has 0 saturated heterocycles. The van der Waals surface area contributed by atoms with E-state index in [1.54, 1.807) is 18.2 Å². The van der Waals surface area contributed by atoms with Gasteiger partial charge in [0.05, 0.1) is 10.9 Å². The molecule has 150 valence electrons. The van der Waals surface area contributed by atoms with Gasteiger partial charge in [0.25, 0.3) is 10.1 Å². The number of hydrogen-bond donors (Lipinski definition) is 2. The fourth-order valence-corrected chi connectivity index (χ4v) is 3.86. The van der Waals surface area contributed by atoms with Crippen LogP contribution in [0.4, 0.5) is 4.79 Å². The Morgan fingerprint density at radius 1 is 0.862 bits per heavy atom. The van der Waals surface area contributed by atoms with Gasteiger partial charge in [0.2, 0.25) is 0 Å². The monoisotopic (exact) mass is 411 g/mol. The van der Waals surface area contributed by atoms with Gasteiger partial charge in [-0.05, 0) is 35.2 Å². The average molecular weight is 411 g/mol. The van der Waals surface area contributed by atoms with E-state index in [0.717, 1.165) is 17.5 Å². The second-order valence-corrected chi connectivity index (χ2v) is 7.95. The van der Waals surface area contributed by atoms with Crippen molar-refractivity contribution in [3.8, 4) is 0 Å². The van der Waals surface area contributed by atoms with E-state index in [9.17, 15) is 18.3 Å². The van der Waals surface area contributed by atoms with Crippen molar-refractivity contribution in [1.29, 1.82) is 0 Å². The van der Waals surface area contributed by atoms with E-state index in [1.807, 2.05) is 48.5 Å². The van der Waals surface area contributed by atoms with Crippen molar-refractivity contribution in [1.82, 2.24) is 4.90 Å². The van der Waals surface area contributed by atoms with Gasteiger partial charge in [0, 0.05) is 6.54 Å². The summed E-state index contributed by atoms with van der Waals surface area (Å²) < 4.78 is 29.2. The maximum absolute atomic E-state index is 11.5. The van der Waals surface area contributed by atoms with Gasteiger partial charge in [-0.3, -0.25) is 9.45 Å². The largest absolute Gasteiger partial charge is 0.465 e. The zero-order valence-corrected chi connectivity index (χ0v) is 16.4. The Balaban J connectivity index is 0.000000204. The van der Waals surface area contributed by atoms with Gasteiger partial charge >= 0.3 is 6.09 Å². The average Bonchev–Trinajstić information content (AvgIpc) is 2.74. The number of carbonyl (C=O) groups is 1. The number of rotatable bonds is 2. The summed E-state index contributed by atoms with van der Waals surface area (Å²) in [4.78, 5) is 12.9. The molecule has 0 spiro atoms. The van der Waals surface area contributed by atoms with Crippen molar-refractivity contribution in [2.45, 2.75) is 17.4 Å². The Morgan fingerprint density at radius 2 is 1.41 bits per heavy atom. The second kappa shape index (κ2) is 8.89. The third-order valence-corrected chi connectivity index (χ3v) is 5.55. The van der Waals surface area contributed by atoms with E-state index in [-0.39, 0.29) is 10.9 Å². The van der Waals surface area contributed by atoms with Crippen LogP contribution in [0.1, 0.15) is 22.7 Å². The van der Waals surface area contributed by atoms with E-state index in [0.29, 0.717) is 6.54 Å². The van der Waals surface area contributed by atoms with Crippen LogP contribution in [0, 0.1) is 0 Å². The molecule has 7 heteroatoms. The SMILES string of the molecule is O=C(O)N1CCc2ccccc2[C@H]1c1ccccc1.O=S(=O)(O)c1ccccc1. The Hall–Kier alpha value is -3.16. The van der Waals surface area contributed by atoms with Crippen LogP contribution in [0.15, 0.2) is 89.8 Å². The third-order valence-electron chi connectivity index (χ3n) is 4.69. The Bertz CT molecular complexity index is 1070. The highest BCUT2D eigenvalue weighted by atomic mass is 32.2. The summed E-state index contributed by atoms with van der Waals surface area (Å²) in [5.41, 5.74) is 3.37. The topological polar surface area (TPSA) is 94.9 Å². The van der Waals surface area contributed by atoms with Crippen LogP contribution in [-0.2, 0) is 16.5 Å². The van der Waals surface area contributed by atoms with Gasteiger partial charge < -0.3 is 5.11 Å². The van der Waals surface area contributed by atoms with Crippen molar-refractivity contribution < 1.29 is 22.9 Å². The molecule has 0 radical (unpaired) electrons. The molecular weight excluding hydrogens is 390 g/mol. The van der Waals surface area contributed by atoms with Crippen molar-refractivity contribution in [2.75, 3.05) is 6.54 Å². The van der Waals surface area contributed by atoms with Crippen molar-refractivity contribution in [2.24, 2.45) is 0 Å². The molecule has 2 N–H and O–H groups in total. The van der Waals surface area contributed by atoms with Crippen LogP contribution in [0.5, 0.6) is 0 Å². The Morgan fingerprint density at radius 3 is 1.97 bits per heavy atom. The smallest absolute Gasteiger partial charge is 0.408 e. The molecule has 0 fully saturated rings. The minimum atomic E-state index is -4.00. The number of benzene rings is 3. The molecule has 0 unspecified atom stereocenters. The predicted octanol–water partition coefficient (Wildman–Crippen LogP) is 4.25. The summed E-state index contributed by atoms with van der Waals surface area (Å²) in [7, 11) is -4.00. The van der Waals surface area contributed by atoms with Crippen molar-refractivity contribution >= 4 is 16.2 Å². The van der Waals surface area contributed by atoms with Gasteiger partial charge in [-0.15, -0.1) is 0 Å². The molecule has 3 aromatic rings. The maximum atomic E-state index is 11.5. The van der Waals surface area contributed by atoms with Crippen LogP contribution in [-0.4, -0.2) is 35.6 Å². The van der Waals surface area contributed by atoms with Crippen LogP contribution in [0.25, 0.3) is 0 Å². The summed E-state index contributed by atoms with van der Waals surface area (Å²) in [5, 5.41) is 9.42. The highest BCUT2D eigenvalue weighted by molar-refractivity contribution is 7.85. The summed E-state index contributed by atoms with van der Waals surface area (Å²) >= 11 is 0. The summed E-state index contributed by atoms with van der Waals surface area (Å²) in [5.74, 6) is 0. The van der Waals surface area contributed by atoms with E-state index in [4.69, 9.17) is 4.55 Å². The first-order chi connectivity index (χ1) is 13.9. The zero-order valence-electron chi connectivity index (χ0n) is 15.5. The fraction of sp³-hybridized carbons (Fsp3) is 0.136. The molecule has 1 aliphatic heterocycles. The van der Waals surface area contributed by atoms with Crippen LogP contribution < -0.4 is 0 Å². The first-order valence-electron chi connectivity index (χ1n) is 9.03. The van der Waals surface area contributed by atoms with Gasteiger partial charge in [0.1, 0.15) is 0 Å². The fourth-order valence-electron chi connectivity index (χ4n) is 3.36. The molecule has 1 heterocycles. The quantitative estimate of drug-likeness (QED) is 0.615. The molecule has 3 aromatic carbocycles. The Kier molecular flexibility index (Phi) is 6.31. The molecular formula is C22H21NO5S. The molecule has 1 amide bonds. The van der Waals surface area contributed by atoms with E-state index in [1.165, 1.54) is 22.6 Å². The number of amides is 1. The summed E-state index contributed by atoms with van der Waals surface area (Å²) in [6, 6.07) is 25.2. The number of hydrogen-bond acceptors (Lipinski definition) is 3. The lowest BCUT2D eigenvalue weighted by atomic mass is 9.88. The zero-order chi connectivity index (χ0) is 20.9. The predicted molar refractivity (Wildman–Crippen MR) is 109 cm³/mol. The second-order valence-electron chi connectivity index (χ2n) is 6.53. The first-order valence-corrected chi connectivity index (χ1v) is 10.5. The molecule has 6 nitrogen and oxygen atoms in total. The number of carboxylic acid groups (broad SMARTS) is 1. The third kappa shape index (κ3) is 5.01. The molecule has 0 aromatic heterocycles. The van der Waals surface area contributed by atoms with Gasteiger partial charge in [-0.25, -0.2) is 4.79 Å². The van der Waals surface area contributed by atoms with E-state index >= 15 is 0 Å².